The monoisotopic (exact) mass is 437 g/mol. The summed E-state index contributed by atoms with van der Waals surface area (Å²) in [5.41, 5.74) is 3.57. The van der Waals surface area contributed by atoms with E-state index in [4.69, 9.17) is 0 Å². The van der Waals surface area contributed by atoms with Crippen LogP contribution >= 0.6 is 0 Å². The first kappa shape index (κ1) is 20.2. The Hall–Kier alpha value is -3.75. The third kappa shape index (κ3) is 4.18. The predicted molar refractivity (Wildman–Crippen MR) is 113 cm³/mol. The maximum absolute atomic E-state index is 12.8. The van der Waals surface area contributed by atoms with E-state index in [0.29, 0.717) is 5.92 Å². The second-order valence-corrected chi connectivity index (χ2v) is 7.89. The Kier molecular flexibility index (Phi) is 4.88. The van der Waals surface area contributed by atoms with E-state index in [-0.39, 0.29) is 12.1 Å². The summed E-state index contributed by atoms with van der Waals surface area (Å²) in [7, 11) is 0. The lowest BCUT2D eigenvalue weighted by atomic mass is 10.0. The summed E-state index contributed by atoms with van der Waals surface area (Å²) in [5.74, 6) is 0.0862. The van der Waals surface area contributed by atoms with Gasteiger partial charge in [-0.1, -0.05) is 24.3 Å². The highest BCUT2D eigenvalue weighted by molar-refractivity contribution is 5.92. The summed E-state index contributed by atoms with van der Waals surface area (Å²) in [6, 6.07) is 10.4. The number of carbonyl (C=O) groups excluding carboxylic acids is 1. The summed E-state index contributed by atoms with van der Waals surface area (Å²) in [6.07, 6.45) is 1.50. The molecule has 1 fully saturated rings. The Labute approximate surface area is 180 Å². The van der Waals surface area contributed by atoms with Gasteiger partial charge in [-0.3, -0.25) is 14.9 Å². The van der Waals surface area contributed by atoms with E-state index < -0.39 is 17.6 Å². The van der Waals surface area contributed by atoms with Crippen molar-refractivity contribution in [3.05, 3.63) is 71.8 Å². The largest absolute Gasteiger partial charge is 0.417 e. The van der Waals surface area contributed by atoms with E-state index in [2.05, 4.69) is 31.5 Å². The van der Waals surface area contributed by atoms with E-state index >= 15 is 0 Å². The first-order valence-corrected chi connectivity index (χ1v) is 10.1. The molecule has 1 aliphatic carbocycles. The van der Waals surface area contributed by atoms with Crippen LogP contribution in [0.25, 0.3) is 22.2 Å². The molecule has 1 aliphatic rings. The number of hydrogen-bond donors (Lipinski definition) is 2. The molecular weight excluding hydrogens is 419 g/mol. The zero-order chi connectivity index (χ0) is 22.3. The summed E-state index contributed by atoms with van der Waals surface area (Å²) < 4.78 is 38.4. The van der Waals surface area contributed by atoms with E-state index in [9.17, 15) is 18.0 Å². The number of amides is 1. The van der Waals surface area contributed by atoms with Crippen LogP contribution in [0.2, 0.25) is 0 Å². The smallest absolute Gasteiger partial charge is 0.324 e. The number of rotatable bonds is 5. The zero-order valence-corrected chi connectivity index (χ0v) is 16.8. The van der Waals surface area contributed by atoms with Gasteiger partial charge in [0.05, 0.1) is 29.6 Å². The van der Waals surface area contributed by atoms with Gasteiger partial charge in [0.25, 0.3) is 0 Å². The van der Waals surface area contributed by atoms with Crippen LogP contribution in [0.5, 0.6) is 0 Å². The van der Waals surface area contributed by atoms with Gasteiger partial charge in [-0.2, -0.15) is 18.3 Å². The Balaban J connectivity index is 1.28. The third-order valence-corrected chi connectivity index (χ3v) is 5.41. The van der Waals surface area contributed by atoms with Gasteiger partial charge in [-0.15, -0.1) is 0 Å². The standard InChI is InChI=1S/C23H18F3N5O/c24-23(25,26)17-9-18(12-27-11-17)29-20(32)7-13-1-3-14(4-2-13)16-8-19-21(15-5-6-15)30-31-22(19)28-10-16/h1-4,8-12,15H,5-7H2,(H,29,32)(H,28,30,31). The molecule has 1 amide bonds. The highest BCUT2D eigenvalue weighted by atomic mass is 19.4. The van der Waals surface area contributed by atoms with E-state index in [0.717, 1.165) is 58.5 Å². The van der Waals surface area contributed by atoms with Gasteiger partial charge in [0.2, 0.25) is 5.91 Å². The number of nitrogens with zero attached hydrogens (tertiary/aromatic N) is 3. The van der Waals surface area contributed by atoms with Crippen LogP contribution in [0.15, 0.2) is 55.0 Å². The van der Waals surface area contributed by atoms with Gasteiger partial charge in [0.1, 0.15) is 0 Å². The highest BCUT2D eigenvalue weighted by Crippen LogP contribution is 2.42. The van der Waals surface area contributed by atoms with Crippen LogP contribution in [0.3, 0.4) is 0 Å². The Bertz CT molecular complexity index is 1290. The van der Waals surface area contributed by atoms with Crippen LogP contribution < -0.4 is 5.32 Å². The van der Waals surface area contributed by atoms with Gasteiger partial charge in [0, 0.05) is 29.3 Å². The van der Waals surface area contributed by atoms with Crippen molar-refractivity contribution in [2.75, 3.05) is 5.32 Å². The molecule has 0 aliphatic heterocycles. The molecule has 5 rings (SSSR count). The SMILES string of the molecule is O=C(Cc1ccc(-c2cnc3[nH]nc(C4CC4)c3c2)cc1)Nc1cncc(C(F)(F)F)c1. The number of carbonyl (C=O) groups is 1. The van der Waals surface area contributed by atoms with Gasteiger partial charge >= 0.3 is 6.18 Å². The van der Waals surface area contributed by atoms with Crippen molar-refractivity contribution >= 4 is 22.6 Å². The molecule has 32 heavy (non-hydrogen) atoms. The maximum Gasteiger partial charge on any atom is 0.417 e. The number of nitrogens with one attached hydrogen (secondary N) is 2. The minimum absolute atomic E-state index is 0.00685. The maximum atomic E-state index is 12.8. The van der Waals surface area contributed by atoms with Crippen molar-refractivity contribution < 1.29 is 18.0 Å². The lowest BCUT2D eigenvalue weighted by molar-refractivity contribution is -0.137. The number of alkyl halides is 3. The number of H-pyrrole nitrogens is 1. The van der Waals surface area contributed by atoms with Crippen molar-refractivity contribution in [1.82, 2.24) is 20.2 Å². The van der Waals surface area contributed by atoms with Crippen molar-refractivity contribution in [2.24, 2.45) is 0 Å². The summed E-state index contributed by atoms with van der Waals surface area (Å²) in [5, 5.41) is 10.9. The first-order chi connectivity index (χ1) is 15.4. The summed E-state index contributed by atoms with van der Waals surface area (Å²) in [6.45, 7) is 0. The number of hydrogen-bond acceptors (Lipinski definition) is 4. The second-order valence-electron chi connectivity index (χ2n) is 7.89. The lowest BCUT2D eigenvalue weighted by Crippen LogP contribution is -2.15. The molecule has 2 N–H and O–H groups in total. The van der Waals surface area contributed by atoms with Crippen molar-refractivity contribution in [2.45, 2.75) is 31.4 Å². The van der Waals surface area contributed by atoms with Gasteiger partial charge in [0.15, 0.2) is 5.65 Å². The molecule has 0 unspecified atom stereocenters. The molecule has 0 bridgehead atoms. The van der Waals surface area contributed by atoms with Crippen LogP contribution in [-0.4, -0.2) is 26.1 Å². The number of aromatic nitrogens is 4. The Morgan fingerprint density at radius 2 is 1.84 bits per heavy atom. The fourth-order valence-electron chi connectivity index (χ4n) is 3.62. The van der Waals surface area contributed by atoms with Crippen LogP contribution in [0, 0.1) is 0 Å². The molecule has 6 nitrogen and oxygen atoms in total. The van der Waals surface area contributed by atoms with Crippen molar-refractivity contribution in [1.29, 1.82) is 0 Å². The summed E-state index contributed by atoms with van der Waals surface area (Å²) >= 11 is 0. The van der Waals surface area contributed by atoms with Gasteiger partial charge < -0.3 is 5.32 Å². The molecule has 0 saturated heterocycles. The molecule has 3 aromatic heterocycles. The molecular formula is C23H18F3N5O. The molecule has 0 atom stereocenters. The van der Waals surface area contributed by atoms with Crippen molar-refractivity contribution in [3.8, 4) is 11.1 Å². The van der Waals surface area contributed by atoms with E-state index in [1.807, 2.05) is 24.3 Å². The van der Waals surface area contributed by atoms with Crippen molar-refractivity contribution in [3.63, 3.8) is 0 Å². The average molecular weight is 437 g/mol. The number of anilines is 1. The molecule has 0 radical (unpaired) electrons. The third-order valence-electron chi connectivity index (χ3n) is 5.41. The number of aromatic amines is 1. The van der Waals surface area contributed by atoms with Crippen LogP contribution in [0.4, 0.5) is 18.9 Å². The fraction of sp³-hybridized carbons (Fsp3) is 0.217. The fourth-order valence-corrected chi connectivity index (χ4v) is 3.62. The molecule has 3 heterocycles. The summed E-state index contributed by atoms with van der Waals surface area (Å²) in [4.78, 5) is 20.3. The Morgan fingerprint density at radius 1 is 1.06 bits per heavy atom. The first-order valence-electron chi connectivity index (χ1n) is 10.1. The number of pyridine rings is 2. The molecule has 4 aromatic rings. The van der Waals surface area contributed by atoms with Gasteiger partial charge in [-0.25, -0.2) is 4.98 Å². The highest BCUT2D eigenvalue weighted by Gasteiger charge is 2.31. The normalized spacial score (nSPS) is 14.0. The minimum atomic E-state index is -4.52. The number of benzene rings is 1. The topological polar surface area (TPSA) is 83.6 Å². The zero-order valence-electron chi connectivity index (χ0n) is 16.8. The van der Waals surface area contributed by atoms with E-state index in [1.54, 1.807) is 6.20 Å². The van der Waals surface area contributed by atoms with Crippen LogP contribution in [-0.2, 0) is 17.4 Å². The molecule has 9 heteroatoms. The molecule has 0 spiro atoms. The van der Waals surface area contributed by atoms with Crippen LogP contribution in [0.1, 0.15) is 35.6 Å². The molecule has 1 aromatic carbocycles. The molecule has 1 saturated carbocycles. The quantitative estimate of drug-likeness (QED) is 0.455. The second kappa shape index (κ2) is 7.74. The molecule has 162 valence electrons. The van der Waals surface area contributed by atoms with E-state index in [1.165, 1.54) is 6.20 Å². The Morgan fingerprint density at radius 3 is 2.56 bits per heavy atom. The minimum Gasteiger partial charge on any atom is -0.324 e. The number of fused-ring (bicyclic) bond motifs is 1. The number of halogens is 3. The predicted octanol–water partition coefficient (Wildman–Crippen LogP) is 5.10. The average Bonchev–Trinajstić information content (AvgIpc) is 3.52. The van der Waals surface area contributed by atoms with Gasteiger partial charge in [-0.05, 0) is 36.1 Å². The lowest BCUT2D eigenvalue weighted by Gasteiger charge is -2.09.